The Labute approximate surface area is 174 Å². The summed E-state index contributed by atoms with van der Waals surface area (Å²) in [5.41, 5.74) is -0.0877. The third-order valence-corrected chi connectivity index (χ3v) is 7.21. The summed E-state index contributed by atoms with van der Waals surface area (Å²) in [5, 5.41) is 2.85. The van der Waals surface area contributed by atoms with E-state index >= 15 is 0 Å². The number of carbonyl (C=O) groups excluding carboxylic acids is 1. The monoisotopic (exact) mass is 438 g/mol. The van der Waals surface area contributed by atoms with Gasteiger partial charge in [0.2, 0.25) is 15.9 Å². The van der Waals surface area contributed by atoms with Gasteiger partial charge in [0.1, 0.15) is 22.3 Å². The molecule has 1 fully saturated rings. The summed E-state index contributed by atoms with van der Waals surface area (Å²) in [6.07, 6.45) is 0.952. The summed E-state index contributed by atoms with van der Waals surface area (Å²) in [5.74, 6) is -1.57. The van der Waals surface area contributed by atoms with E-state index in [9.17, 15) is 22.0 Å². The lowest BCUT2D eigenvalue weighted by molar-refractivity contribution is -0.132. The number of nitrogens with zero attached hydrogens (tertiary/aromatic N) is 1. The number of ether oxygens (including phenoxy) is 1. The van der Waals surface area contributed by atoms with Crippen molar-refractivity contribution in [2.24, 2.45) is 5.41 Å². The van der Waals surface area contributed by atoms with Gasteiger partial charge in [0.15, 0.2) is 0 Å². The molecule has 9 heteroatoms. The molecule has 1 aliphatic heterocycles. The van der Waals surface area contributed by atoms with Gasteiger partial charge in [-0.3, -0.25) is 4.79 Å². The number of amides is 1. The van der Waals surface area contributed by atoms with Gasteiger partial charge in [0, 0.05) is 25.7 Å². The van der Waals surface area contributed by atoms with Crippen molar-refractivity contribution in [1.82, 2.24) is 9.62 Å². The molecule has 1 heterocycles. The van der Waals surface area contributed by atoms with Gasteiger partial charge in [-0.05, 0) is 49.6 Å². The van der Waals surface area contributed by atoms with Gasteiger partial charge in [-0.2, -0.15) is 4.31 Å². The van der Waals surface area contributed by atoms with Crippen molar-refractivity contribution < 1.29 is 26.7 Å². The first-order chi connectivity index (χ1) is 14.2. The molecule has 162 valence electrons. The van der Waals surface area contributed by atoms with E-state index < -0.39 is 32.0 Å². The predicted octanol–water partition coefficient (Wildman–Crippen LogP) is 3.08. The van der Waals surface area contributed by atoms with Gasteiger partial charge in [-0.25, -0.2) is 17.2 Å². The number of hydrogen-bond acceptors (Lipinski definition) is 4. The molecular weight excluding hydrogens is 414 g/mol. The van der Waals surface area contributed by atoms with Crippen molar-refractivity contribution in [2.75, 3.05) is 20.2 Å². The molecule has 0 aliphatic carbocycles. The molecule has 1 N–H and O–H groups in total. The van der Waals surface area contributed by atoms with Gasteiger partial charge in [0.25, 0.3) is 0 Å². The second kappa shape index (κ2) is 8.69. The summed E-state index contributed by atoms with van der Waals surface area (Å²) in [7, 11) is -2.62. The topological polar surface area (TPSA) is 75.7 Å². The normalized spacial score (nSPS) is 20.0. The van der Waals surface area contributed by atoms with Crippen LogP contribution in [0.5, 0.6) is 5.75 Å². The Bertz CT molecular complexity index is 1030. The van der Waals surface area contributed by atoms with E-state index in [1.54, 1.807) is 26.2 Å². The highest BCUT2D eigenvalue weighted by Crippen LogP contribution is 2.33. The van der Waals surface area contributed by atoms with E-state index in [4.69, 9.17) is 4.74 Å². The molecule has 0 aromatic heterocycles. The lowest BCUT2D eigenvalue weighted by Gasteiger charge is -2.38. The van der Waals surface area contributed by atoms with E-state index in [0.717, 1.165) is 22.0 Å². The zero-order chi connectivity index (χ0) is 21.9. The first-order valence-corrected chi connectivity index (χ1v) is 11.0. The standard InChI is InChI=1S/C21H24F2N2O4S/c1-21(20(26)24-13-15-4-7-17(29-2)8-5-15)10-3-11-25(14-21)30(27,28)19-9-6-16(22)12-18(19)23/h4-9,12H,3,10-11,13-14H2,1-2H3,(H,24,26)/t21-/m0/s1. The summed E-state index contributed by atoms with van der Waals surface area (Å²) in [4.78, 5) is 12.3. The molecule has 0 spiro atoms. The predicted molar refractivity (Wildman–Crippen MR) is 107 cm³/mol. The maximum atomic E-state index is 14.1. The van der Waals surface area contributed by atoms with Gasteiger partial charge < -0.3 is 10.1 Å². The van der Waals surface area contributed by atoms with Crippen LogP contribution in [0.4, 0.5) is 8.78 Å². The molecule has 3 rings (SSSR count). The molecule has 30 heavy (non-hydrogen) atoms. The van der Waals surface area contributed by atoms with Gasteiger partial charge in [0.05, 0.1) is 12.5 Å². The number of piperidine rings is 1. The fourth-order valence-corrected chi connectivity index (χ4v) is 5.19. The minimum Gasteiger partial charge on any atom is -0.497 e. The number of halogens is 2. The largest absolute Gasteiger partial charge is 0.497 e. The van der Waals surface area contributed by atoms with E-state index in [1.807, 2.05) is 12.1 Å². The molecule has 2 aromatic carbocycles. The van der Waals surface area contributed by atoms with Crippen LogP contribution in [0.25, 0.3) is 0 Å². The fraction of sp³-hybridized carbons (Fsp3) is 0.381. The Kier molecular flexibility index (Phi) is 6.42. The lowest BCUT2D eigenvalue weighted by atomic mass is 9.82. The Balaban J connectivity index is 1.72. The van der Waals surface area contributed by atoms with Crippen LogP contribution >= 0.6 is 0 Å². The van der Waals surface area contributed by atoms with E-state index in [2.05, 4.69) is 5.32 Å². The second-order valence-corrected chi connectivity index (χ2v) is 9.51. The molecule has 1 aliphatic rings. The zero-order valence-corrected chi connectivity index (χ0v) is 17.6. The maximum Gasteiger partial charge on any atom is 0.246 e. The van der Waals surface area contributed by atoms with Crippen LogP contribution in [0, 0.1) is 17.0 Å². The summed E-state index contributed by atoms with van der Waals surface area (Å²) in [6.45, 7) is 2.07. The van der Waals surface area contributed by atoms with Crippen LogP contribution in [0.3, 0.4) is 0 Å². The molecule has 1 amide bonds. The third kappa shape index (κ3) is 4.62. The summed E-state index contributed by atoms with van der Waals surface area (Å²) in [6, 6.07) is 9.59. The Morgan fingerprint density at radius 2 is 1.90 bits per heavy atom. The van der Waals surface area contributed by atoms with Crippen molar-refractivity contribution in [1.29, 1.82) is 0 Å². The molecule has 0 unspecified atom stereocenters. The minimum absolute atomic E-state index is 0.0827. The molecule has 0 radical (unpaired) electrons. The van der Waals surface area contributed by atoms with Gasteiger partial charge in [-0.1, -0.05) is 12.1 Å². The number of sulfonamides is 1. The molecular formula is C21H24F2N2O4S. The molecule has 0 saturated carbocycles. The molecule has 0 bridgehead atoms. The average molecular weight is 438 g/mol. The van der Waals surface area contributed by atoms with E-state index in [0.29, 0.717) is 24.7 Å². The number of hydrogen-bond donors (Lipinski definition) is 1. The molecule has 1 atom stereocenters. The van der Waals surface area contributed by atoms with Crippen LogP contribution in [-0.4, -0.2) is 38.8 Å². The SMILES string of the molecule is COc1ccc(CNC(=O)[C@@]2(C)CCCN(S(=O)(=O)c3ccc(F)cc3F)C2)cc1. The van der Waals surface area contributed by atoms with E-state index in [1.165, 1.54) is 0 Å². The zero-order valence-electron chi connectivity index (χ0n) is 16.8. The number of rotatable bonds is 6. The Hall–Kier alpha value is -2.52. The Morgan fingerprint density at radius 3 is 2.53 bits per heavy atom. The smallest absolute Gasteiger partial charge is 0.246 e. The van der Waals surface area contributed by atoms with Crippen molar-refractivity contribution in [3.05, 3.63) is 59.7 Å². The first kappa shape index (κ1) is 22.2. The highest BCUT2D eigenvalue weighted by molar-refractivity contribution is 7.89. The molecule has 2 aromatic rings. The van der Waals surface area contributed by atoms with Crippen molar-refractivity contribution in [2.45, 2.75) is 31.2 Å². The Morgan fingerprint density at radius 1 is 1.20 bits per heavy atom. The summed E-state index contributed by atoms with van der Waals surface area (Å²) >= 11 is 0. The molecule has 1 saturated heterocycles. The average Bonchev–Trinajstić information content (AvgIpc) is 2.72. The fourth-order valence-electron chi connectivity index (χ4n) is 3.55. The third-order valence-electron chi connectivity index (χ3n) is 5.33. The van der Waals surface area contributed by atoms with Crippen LogP contribution in [0.15, 0.2) is 47.4 Å². The summed E-state index contributed by atoms with van der Waals surface area (Å²) < 4.78 is 59.2. The minimum atomic E-state index is -4.19. The second-order valence-electron chi connectivity index (χ2n) is 7.61. The number of methoxy groups -OCH3 is 1. The highest BCUT2D eigenvalue weighted by Gasteiger charge is 2.42. The van der Waals surface area contributed by atoms with Crippen molar-refractivity contribution in [3.63, 3.8) is 0 Å². The maximum absolute atomic E-state index is 14.1. The quantitative estimate of drug-likeness (QED) is 0.752. The number of benzene rings is 2. The number of carbonyl (C=O) groups is 1. The highest BCUT2D eigenvalue weighted by atomic mass is 32.2. The van der Waals surface area contributed by atoms with Crippen LogP contribution in [-0.2, 0) is 21.4 Å². The van der Waals surface area contributed by atoms with Crippen molar-refractivity contribution in [3.8, 4) is 5.75 Å². The van der Waals surface area contributed by atoms with Crippen LogP contribution in [0.1, 0.15) is 25.3 Å². The van der Waals surface area contributed by atoms with E-state index in [-0.39, 0.29) is 25.5 Å². The number of nitrogens with one attached hydrogen (secondary N) is 1. The lowest BCUT2D eigenvalue weighted by Crippen LogP contribution is -2.51. The first-order valence-electron chi connectivity index (χ1n) is 9.52. The van der Waals surface area contributed by atoms with Crippen LogP contribution < -0.4 is 10.1 Å². The van der Waals surface area contributed by atoms with Crippen LogP contribution in [0.2, 0.25) is 0 Å². The van der Waals surface area contributed by atoms with Crippen molar-refractivity contribution >= 4 is 15.9 Å². The molecule has 6 nitrogen and oxygen atoms in total. The van der Waals surface area contributed by atoms with Gasteiger partial charge >= 0.3 is 0 Å². The van der Waals surface area contributed by atoms with Gasteiger partial charge in [-0.15, -0.1) is 0 Å².